The summed E-state index contributed by atoms with van der Waals surface area (Å²) in [7, 11) is 0.377. The standard InChI is InChI=1S/C28H40O6Si/c1-27(2,3)35(23-13-8-6-9-14-23,24-15-10-7-11-16-24)34-20-28(19-29)18-12-17-25(32-21-30-4)26(28)33-22-31-5/h6-16,18,25-26,29H,17,19-22H2,1-5H3/t25-,26+,28-/m1/s1. The van der Waals surface area contributed by atoms with Crippen molar-refractivity contribution in [3.8, 4) is 0 Å². The maximum absolute atomic E-state index is 10.8. The Morgan fingerprint density at radius 2 is 1.43 bits per heavy atom. The van der Waals surface area contributed by atoms with E-state index in [1.807, 2.05) is 24.3 Å². The molecule has 0 bridgehead atoms. The number of aliphatic hydroxyl groups is 1. The fraction of sp³-hybridized carbons (Fsp3) is 0.500. The average Bonchev–Trinajstić information content (AvgIpc) is 2.87. The third-order valence-electron chi connectivity index (χ3n) is 6.76. The normalized spacial score (nSPS) is 22.9. The molecule has 0 fully saturated rings. The Balaban J connectivity index is 2.07. The molecule has 7 heteroatoms. The largest absolute Gasteiger partial charge is 0.406 e. The van der Waals surface area contributed by atoms with Gasteiger partial charge in [0.15, 0.2) is 0 Å². The lowest BCUT2D eigenvalue weighted by Crippen LogP contribution is -2.68. The molecule has 0 saturated heterocycles. The molecule has 3 atom stereocenters. The summed E-state index contributed by atoms with van der Waals surface area (Å²) in [6.45, 7) is 7.08. The van der Waals surface area contributed by atoms with Gasteiger partial charge in [-0.05, 0) is 21.8 Å². The van der Waals surface area contributed by atoms with Gasteiger partial charge in [-0.3, -0.25) is 0 Å². The van der Waals surface area contributed by atoms with Gasteiger partial charge in [-0.1, -0.05) is 93.6 Å². The highest BCUT2D eigenvalue weighted by Gasteiger charge is 2.53. The lowest BCUT2D eigenvalue weighted by molar-refractivity contribution is -0.198. The van der Waals surface area contributed by atoms with Gasteiger partial charge in [-0.25, -0.2) is 0 Å². The fourth-order valence-corrected chi connectivity index (χ4v) is 9.71. The van der Waals surface area contributed by atoms with Gasteiger partial charge >= 0.3 is 0 Å². The van der Waals surface area contributed by atoms with Gasteiger partial charge < -0.3 is 28.5 Å². The van der Waals surface area contributed by atoms with Gasteiger partial charge in [0.1, 0.15) is 19.7 Å². The molecular formula is C28H40O6Si. The van der Waals surface area contributed by atoms with E-state index >= 15 is 0 Å². The number of rotatable bonds is 12. The van der Waals surface area contributed by atoms with Gasteiger partial charge in [0, 0.05) is 20.8 Å². The predicted molar refractivity (Wildman–Crippen MR) is 140 cm³/mol. The quantitative estimate of drug-likeness (QED) is 0.273. The molecular weight excluding hydrogens is 460 g/mol. The summed E-state index contributed by atoms with van der Waals surface area (Å²) in [5.41, 5.74) is -0.803. The molecule has 0 amide bonds. The van der Waals surface area contributed by atoms with Crippen molar-refractivity contribution < 1.29 is 28.5 Å². The number of aliphatic hydroxyl groups excluding tert-OH is 1. The Kier molecular flexibility index (Phi) is 9.83. The summed E-state index contributed by atoms with van der Waals surface area (Å²) in [6, 6.07) is 21.0. The number of benzene rings is 2. The van der Waals surface area contributed by atoms with Crippen molar-refractivity contribution >= 4 is 18.7 Å². The summed E-state index contributed by atoms with van der Waals surface area (Å²) in [6.07, 6.45) is 3.95. The maximum Gasteiger partial charge on any atom is 0.261 e. The predicted octanol–water partition coefficient (Wildman–Crippen LogP) is 3.48. The van der Waals surface area contributed by atoms with E-state index in [0.29, 0.717) is 6.42 Å². The van der Waals surface area contributed by atoms with Crippen molar-refractivity contribution in [3.63, 3.8) is 0 Å². The van der Waals surface area contributed by atoms with E-state index in [4.69, 9.17) is 23.4 Å². The van der Waals surface area contributed by atoms with Gasteiger partial charge in [0.25, 0.3) is 8.32 Å². The number of methoxy groups -OCH3 is 2. The monoisotopic (exact) mass is 500 g/mol. The second-order valence-corrected chi connectivity index (χ2v) is 14.4. The van der Waals surface area contributed by atoms with Crippen LogP contribution in [0, 0.1) is 5.41 Å². The molecule has 1 aliphatic carbocycles. The number of ether oxygens (including phenoxy) is 4. The molecule has 0 aromatic heterocycles. The lowest BCUT2D eigenvalue weighted by Gasteiger charge is -2.48. The third kappa shape index (κ3) is 5.94. The molecule has 2 aromatic carbocycles. The highest BCUT2D eigenvalue weighted by atomic mass is 28.4. The van der Waals surface area contributed by atoms with Crippen molar-refractivity contribution in [1.82, 2.24) is 0 Å². The lowest BCUT2D eigenvalue weighted by atomic mass is 9.76. The van der Waals surface area contributed by atoms with Crippen molar-refractivity contribution in [3.05, 3.63) is 72.8 Å². The minimum absolute atomic E-state index is 0.0896. The Morgan fingerprint density at radius 3 is 1.91 bits per heavy atom. The Hall–Kier alpha value is -1.84. The molecule has 0 unspecified atom stereocenters. The molecule has 1 aliphatic rings. The first kappa shape index (κ1) is 27.7. The number of hydrogen-bond donors (Lipinski definition) is 1. The molecule has 192 valence electrons. The molecule has 1 N–H and O–H groups in total. The molecule has 2 aromatic rings. The molecule has 0 saturated carbocycles. The minimum atomic E-state index is -2.80. The molecule has 0 radical (unpaired) electrons. The van der Waals surface area contributed by atoms with E-state index < -0.39 is 19.8 Å². The first-order chi connectivity index (χ1) is 16.8. The van der Waals surface area contributed by atoms with Crippen LogP contribution in [0.4, 0.5) is 0 Å². The molecule has 35 heavy (non-hydrogen) atoms. The van der Waals surface area contributed by atoms with Crippen LogP contribution in [0.25, 0.3) is 0 Å². The van der Waals surface area contributed by atoms with Crippen LogP contribution in [-0.2, 0) is 23.4 Å². The van der Waals surface area contributed by atoms with Crippen molar-refractivity contribution in [2.24, 2.45) is 5.41 Å². The first-order valence-corrected chi connectivity index (χ1v) is 14.0. The van der Waals surface area contributed by atoms with Gasteiger partial charge in [0.2, 0.25) is 0 Å². The fourth-order valence-electron chi connectivity index (χ4n) is 5.07. The Bertz CT molecular complexity index is 875. The summed E-state index contributed by atoms with van der Waals surface area (Å²) in [5, 5.41) is 13.0. The van der Waals surface area contributed by atoms with Crippen LogP contribution < -0.4 is 10.4 Å². The van der Waals surface area contributed by atoms with E-state index in [-0.39, 0.29) is 37.9 Å². The topological polar surface area (TPSA) is 66.4 Å². The van der Waals surface area contributed by atoms with Crippen LogP contribution in [0.2, 0.25) is 5.04 Å². The summed E-state index contributed by atoms with van der Waals surface area (Å²) < 4.78 is 29.7. The van der Waals surface area contributed by atoms with E-state index in [0.717, 1.165) is 0 Å². The zero-order valence-corrected chi connectivity index (χ0v) is 22.6. The van der Waals surface area contributed by atoms with Crippen LogP contribution in [-0.4, -0.2) is 66.7 Å². The Morgan fingerprint density at radius 1 is 0.886 bits per heavy atom. The molecule has 0 heterocycles. The zero-order valence-electron chi connectivity index (χ0n) is 21.6. The SMILES string of the molecule is COCO[C@@H]1CC=C[C@@](CO)(CO[Si](c2ccccc2)(c2ccccc2)C(C)(C)C)[C@H]1OCOC. The van der Waals surface area contributed by atoms with Crippen molar-refractivity contribution in [1.29, 1.82) is 0 Å². The number of hydrogen-bond acceptors (Lipinski definition) is 6. The smallest absolute Gasteiger partial charge is 0.261 e. The highest BCUT2D eigenvalue weighted by molar-refractivity contribution is 6.99. The van der Waals surface area contributed by atoms with Crippen LogP contribution in [0.1, 0.15) is 27.2 Å². The summed E-state index contributed by atoms with van der Waals surface area (Å²) in [4.78, 5) is 0. The van der Waals surface area contributed by atoms with E-state index in [9.17, 15) is 5.11 Å². The Labute approximate surface area is 210 Å². The molecule has 0 aliphatic heterocycles. The molecule has 0 spiro atoms. The molecule has 3 rings (SSSR count). The maximum atomic E-state index is 10.8. The van der Waals surface area contributed by atoms with Gasteiger partial charge in [-0.2, -0.15) is 0 Å². The second kappa shape index (κ2) is 12.4. The van der Waals surface area contributed by atoms with Gasteiger partial charge in [-0.15, -0.1) is 0 Å². The third-order valence-corrected chi connectivity index (χ3v) is 11.7. The molecule has 6 nitrogen and oxygen atoms in total. The first-order valence-electron chi connectivity index (χ1n) is 12.1. The summed E-state index contributed by atoms with van der Waals surface area (Å²) >= 11 is 0. The summed E-state index contributed by atoms with van der Waals surface area (Å²) in [5.74, 6) is 0. The average molecular weight is 501 g/mol. The zero-order chi connectivity index (χ0) is 25.4. The van der Waals surface area contributed by atoms with Crippen molar-refractivity contribution in [2.75, 3.05) is 41.0 Å². The van der Waals surface area contributed by atoms with Crippen LogP contribution >= 0.6 is 0 Å². The van der Waals surface area contributed by atoms with E-state index in [1.54, 1.807) is 14.2 Å². The van der Waals surface area contributed by atoms with Crippen LogP contribution in [0.5, 0.6) is 0 Å². The van der Waals surface area contributed by atoms with E-state index in [1.165, 1.54) is 10.4 Å². The highest BCUT2D eigenvalue weighted by Crippen LogP contribution is 2.41. The minimum Gasteiger partial charge on any atom is -0.406 e. The van der Waals surface area contributed by atoms with Crippen LogP contribution in [0.15, 0.2) is 72.8 Å². The second-order valence-electron chi connectivity index (χ2n) is 10.1. The van der Waals surface area contributed by atoms with Gasteiger partial charge in [0.05, 0.1) is 18.1 Å². The van der Waals surface area contributed by atoms with Crippen molar-refractivity contribution in [2.45, 2.75) is 44.4 Å². The van der Waals surface area contributed by atoms with Crippen LogP contribution in [0.3, 0.4) is 0 Å². The van der Waals surface area contributed by atoms with E-state index in [2.05, 4.69) is 69.3 Å².